The number of carbonyl (C=O) groups excluding carboxylic acids is 1. The Labute approximate surface area is 86.9 Å². The molecule has 0 fully saturated rings. The minimum atomic E-state index is -4.66. The van der Waals surface area contributed by atoms with E-state index in [9.17, 15) is 17.1 Å². The Kier molecular flexibility index (Phi) is 3.41. The molecule has 0 radical (unpaired) electrons. The first-order chi connectivity index (χ1) is 6.89. The lowest BCUT2D eigenvalue weighted by Crippen LogP contribution is -1.99. The zero-order chi connectivity index (χ0) is 11.5. The van der Waals surface area contributed by atoms with Crippen molar-refractivity contribution >= 4 is 16.2 Å². The van der Waals surface area contributed by atoms with Gasteiger partial charge >= 0.3 is 16.2 Å². The first-order valence-electron chi connectivity index (χ1n) is 4.06. The zero-order valence-corrected chi connectivity index (χ0v) is 8.75. The molecule has 0 saturated carbocycles. The fraction of sp³-hybridized carbons (Fsp3) is 0.222. The Morgan fingerprint density at radius 3 is 2.27 bits per heavy atom. The molecule has 0 aliphatic rings. The molecule has 0 aliphatic heterocycles. The maximum atomic E-state index is 12.5. The van der Waals surface area contributed by atoms with E-state index in [1.165, 1.54) is 19.1 Å². The molecule has 0 unspecified atom stereocenters. The third-order valence-electron chi connectivity index (χ3n) is 1.65. The summed E-state index contributed by atoms with van der Waals surface area (Å²) in [5.41, 5.74) is 0.595. The number of hydrogen-bond donors (Lipinski definition) is 0. The molecule has 1 aromatic carbocycles. The number of rotatable bonds is 3. The topological polar surface area (TPSA) is 60.4 Å². The Hall–Kier alpha value is -1.43. The maximum absolute atomic E-state index is 12.5. The van der Waals surface area contributed by atoms with Gasteiger partial charge in [0, 0.05) is 6.92 Å². The van der Waals surface area contributed by atoms with E-state index in [0.29, 0.717) is 5.56 Å². The maximum Gasteiger partial charge on any atom is 0.332 e. The van der Waals surface area contributed by atoms with Crippen molar-refractivity contribution in [2.45, 2.75) is 18.4 Å². The number of ether oxygens (including phenoxy) is 1. The van der Waals surface area contributed by atoms with Gasteiger partial charge in [-0.1, -0.05) is 12.1 Å². The van der Waals surface area contributed by atoms with E-state index in [4.69, 9.17) is 0 Å². The molecule has 0 saturated heterocycles. The normalized spacial score (nSPS) is 11.1. The van der Waals surface area contributed by atoms with Crippen LogP contribution in [-0.2, 0) is 26.4 Å². The van der Waals surface area contributed by atoms with Crippen LogP contribution in [0, 0.1) is 0 Å². The summed E-state index contributed by atoms with van der Waals surface area (Å²) in [6.45, 7) is 1.31. The van der Waals surface area contributed by atoms with Crippen LogP contribution in [-0.4, -0.2) is 14.4 Å². The first kappa shape index (κ1) is 11.6. The van der Waals surface area contributed by atoms with E-state index in [1.54, 1.807) is 0 Å². The van der Waals surface area contributed by atoms with Crippen molar-refractivity contribution in [3.05, 3.63) is 29.8 Å². The second-order valence-corrected chi connectivity index (χ2v) is 4.21. The highest BCUT2D eigenvalue weighted by Gasteiger charge is 2.10. The smallest absolute Gasteiger partial charge is 0.332 e. The molecule has 0 atom stereocenters. The van der Waals surface area contributed by atoms with Gasteiger partial charge < -0.3 is 4.74 Å². The quantitative estimate of drug-likeness (QED) is 0.584. The van der Waals surface area contributed by atoms with Gasteiger partial charge in [-0.2, -0.15) is 8.42 Å². The Bertz CT molecular complexity index is 450. The first-order valence-corrected chi connectivity index (χ1v) is 5.45. The highest BCUT2D eigenvalue weighted by molar-refractivity contribution is 7.86. The van der Waals surface area contributed by atoms with Gasteiger partial charge in [0.05, 0.1) is 4.90 Å². The highest BCUT2D eigenvalue weighted by Crippen LogP contribution is 2.13. The van der Waals surface area contributed by atoms with Crippen molar-refractivity contribution in [2.24, 2.45) is 0 Å². The molecule has 0 amide bonds. The summed E-state index contributed by atoms with van der Waals surface area (Å²) in [6.07, 6.45) is 0. The van der Waals surface area contributed by atoms with Crippen molar-refractivity contribution in [1.29, 1.82) is 0 Å². The molecule has 1 rings (SSSR count). The van der Waals surface area contributed by atoms with Crippen molar-refractivity contribution in [1.82, 2.24) is 0 Å². The van der Waals surface area contributed by atoms with Crippen molar-refractivity contribution < 1.29 is 21.8 Å². The molecule has 0 aliphatic carbocycles. The lowest BCUT2D eigenvalue weighted by atomic mass is 10.2. The molecule has 82 valence electrons. The highest BCUT2D eigenvalue weighted by atomic mass is 32.3. The van der Waals surface area contributed by atoms with Gasteiger partial charge in [0.15, 0.2) is 0 Å². The van der Waals surface area contributed by atoms with Crippen molar-refractivity contribution in [3.63, 3.8) is 0 Å². The molecule has 15 heavy (non-hydrogen) atoms. The van der Waals surface area contributed by atoms with Gasteiger partial charge in [-0.05, 0) is 17.7 Å². The van der Waals surface area contributed by atoms with Crippen LogP contribution in [0.5, 0.6) is 0 Å². The number of benzene rings is 1. The van der Waals surface area contributed by atoms with E-state index in [2.05, 4.69) is 4.74 Å². The minimum absolute atomic E-state index is 0.0436. The molecule has 0 heterocycles. The van der Waals surface area contributed by atoms with Crippen LogP contribution in [0.1, 0.15) is 12.5 Å². The average Bonchev–Trinajstić information content (AvgIpc) is 2.14. The average molecular weight is 232 g/mol. The summed E-state index contributed by atoms with van der Waals surface area (Å²) in [5, 5.41) is 0. The van der Waals surface area contributed by atoms with Gasteiger partial charge in [-0.25, -0.2) is 0 Å². The van der Waals surface area contributed by atoms with E-state index >= 15 is 0 Å². The molecular weight excluding hydrogens is 223 g/mol. The number of esters is 1. The standard InChI is InChI=1S/C9H9FO4S/c1-7(11)14-6-8-2-4-9(5-3-8)15(10,12)13/h2-5H,6H2,1H3. The predicted octanol–water partition coefficient (Wildman–Crippen LogP) is 1.41. The summed E-state index contributed by atoms with van der Waals surface area (Å²) in [7, 11) is -4.66. The number of halogens is 1. The molecule has 4 nitrogen and oxygen atoms in total. The van der Waals surface area contributed by atoms with Crippen molar-refractivity contribution in [3.8, 4) is 0 Å². The Morgan fingerprint density at radius 1 is 1.33 bits per heavy atom. The van der Waals surface area contributed by atoms with Gasteiger partial charge in [-0.3, -0.25) is 4.79 Å². The van der Waals surface area contributed by atoms with Crippen LogP contribution in [0.25, 0.3) is 0 Å². The lowest BCUT2D eigenvalue weighted by molar-refractivity contribution is -0.142. The third kappa shape index (κ3) is 3.67. The third-order valence-corrected chi connectivity index (χ3v) is 2.48. The SMILES string of the molecule is CC(=O)OCc1ccc(S(=O)(=O)F)cc1. The van der Waals surface area contributed by atoms with Crippen LogP contribution >= 0.6 is 0 Å². The van der Waals surface area contributed by atoms with Gasteiger partial charge in [0.1, 0.15) is 6.61 Å². The van der Waals surface area contributed by atoms with Crippen LogP contribution in [0.15, 0.2) is 29.2 Å². The van der Waals surface area contributed by atoms with E-state index < -0.39 is 21.1 Å². The Morgan fingerprint density at radius 2 is 1.87 bits per heavy atom. The molecule has 1 aromatic rings. The Balaban J connectivity index is 2.77. The second-order valence-electron chi connectivity index (χ2n) is 2.86. The molecular formula is C9H9FO4S. The predicted molar refractivity (Wildman–Crippen MR) is 50.2 cm³/mol. The summed E-state index contributed by atoms with van der Waals surface area (Å²) in [5.74, 6) is -0.433. The van der Waals surface area contributed by atoms with Crippen LogP contribution in [0.3, 0.4) is 0 Å². The van der Waals surface area contributed by atoms with Gasteiger partial charge in [0.2, 0.25) is 0 Å². The monoisotopic (exact) mass is 232 g/mol. The fourth-order valence-corrected chi connectivity index (χ4v) is 1.39. The van der Waals surface area contributed by atoms with Gasteiger partial charge in [-0.15, -0.1) is 3.89 Å². The summed E-state index contributed by atoms with van der Waals surface area (Å²) >= 11 is 0. The molecule has 0 aromatic heterocycles. The van der Waals surface area contributed by atoms with E-state index in [1.807, 2.05) is 0 Å². The fourth-order valence-electron chi connectivity index (χ4n) is 0.933. The van der Waals surface area contributed by atoms with Crippen LogP contribution in [0.4, 0.5) is 3.89 Å². The van der Waals surface area contributed by atoms with E-state index in [0.717, 1.165) is 12.1 Å². The summed E-state index contributed by atoms with van der Waals surface area (Å²) in [6, 6.07) is 5.01. The summed E-state index contributed by atoms with van der Waals surface area (Å²) < 4.78 is 38.0. The number of hydrogen-bond acceptors (Lipinski definition) is 4. The number of carbonyl (C=O) groups is 1. The minimum Gasteiger partial charge on any atom is -0.461 e. The summed E-state index contributed by atoms with van der Waals surface area (Å²) in [4.78, 5) is 10.1. The zero-order valence-electron chi connectivity index (χ0n) is 7.94. The van der Waals surface area contributed by atoms with E-state index in [-0.39, 0.29) is 6.61 Å². The van der Waals surface area contributed by atoms with Crippen LogP contribution in [0.2, 0.25) is 0 Å². The lowest BCUT2D eigenvalue weighted by Gasteiger charge is -2.02. The second kappa shape index (κ2) is 4.39. The molecule has 0 spiro atoms. The molecule has 6 heteroatoms. The van der Waals surface area contributed by atoms with Gasteiger partial charge in [0.25, 0.3) is 0 Å². The van der Waals surface area contributed by atoms with Crippen molar-refractivity contribution in [2.75, 3.05) is 0 Å². The molecule has 0 bridgehead atoms. The largest absolute Gasteiger partial charge is 0.461 e. The van der Waals surface area contributed by atoms with Crippen LogP contribution < -0.4 is 0 Å². The molecule has 0 N–H and O–H groups in total.